The quantitative estimate of drug-likeness (QED) is 0.407. The van der Waals surface area contributed by atoms with Gasteiger partial charge in [0.2, 0.25) is 0 Å². The third kappa shape index (κ3) is 5.93. The molecule has 7 nitrogen and oxygen atoms in total. The number of aliphatic imine (C=N–C) groups is 1. The average Bonchev–Trinajstić information content (AvgIpc) is 3.20. The summed E-state index contributed by atoms with van der Waals surface area (Å²) in [6.45, 7) is 4.82. The van der Waals surface area contributed by atoms with Crippen LogP contribution in [0.15, 0.2) is 22.5 Å². The molecule has 0 aliphatic carbocycles. The number of aryl methyl sites for hydroxylation is 1. The van der Waals surface area contributed by atoms with Gasteiger partial charge in [-0.25, -0.2) is 4.99 Å². The molecule has 0 fully saturated rings. The Balaban J connectivity index is 1.87. The van der Waals surface area contributed by atoms with Crippen molar-refractivity contribution in [3.8, 4) is 0 Å². The van der Waals surface area contributed by atoms with Gasteiger partial charge in [-0.2, -0.15) is 0 Å². The molecule has 132 valence electrons. The van der Waals surface area contributed by atoms with Gasteiger partial charge in [-0.05, 0) is 31.2 Å². The highest BCUT2D eigenvalue weighted by Gasteiger charge is 2.05. The Morgan fingerprint density at radius 3 is 2.83 bits per heavy atom. The van der Waals surface area contributed by atoms with E-state index in [0.717, 1.165) is 50.1 Å². The molecule has 2 heterocycles. The summed E-state index contributed by atoms with van der Waals surface area (Å²) in [4.78, 5) is 5.98. The fourth-order valence-electron chi connectivity index (χ4n) is 2.10. The Kier molecular flexibility index (Phi) is 7.70. The zero-order valence-corrected chi connectivity index (χ0v) is 15.4. The zero-order valence-electron chi connectivity index (χ0n) is 14.6. The second-order valence-corrected chi connectivity index (χ2v) is 6.45. The van der Waals surface area contributed by atoms with Crippen molar-refractivity contribution in [2.24, 2.45) is 12.0 Å². The monoisotopic (exact) mass is 350 g/mol. The number of hydrogen-bond donors (Lipinski definition) is 2. The minimum absolute atomic E-state index is 0.496. The first-order chi connectivity index (χ1) is 11.7. The standard InChI is InChI=1S/C16H26N6OS/c1-13-20-21-15(22(13)2)12-19-16(17-8-5-10-23-3)18-9-7-14-6-4-11-24-14/h4,6,11H,5,7-10,12H2,1-3H3,(H2,17,18,19). The molecule has 0 spiro atoms. The zero-order chi connectivity index (χ0) is 17.2. The molecule has 0 amide bonds. The van der Waals surface area contributed by atoms with E-state index < -0.39 is 0 Å². The van der Waals surface area contributed by atoms with E-state index in [4.69, 9.17) is 4.74 Å². The SMILES string of the molecule is COCCCNC(=NCc1nnc(C)n1C)NCCc1cccs1. The van der Waals surface area contributed by atoms with Gasteiger partial charge < -0.3 is 19.9 Å². The van der Waals surface area contributed by atoms with Crippen LogP contribution in [0, 0.1) is 6.92 Å². The average molecular weight is 350 g/mol. The summed E-state index contributed by atoms with van der Waals surface area (Å²) in [6, 6.07) is 4.23. The Morgan fingerprint density at radius 2 is 2.17 bits per heavy atom. The highest BCUT2D eigenvalue weighted by Crippen LogP contribution is 2.08. The van der Waals surface area contributed by atoms with Gasteiger partial charge in [0.25, 0.3) is 0 Å². The Hall–Kier alpha value is -1.93. The van der Waals surface area contributed by atoms with Gasteiger partial charge in [0.1, 0.15) is 12.4 Å². The lowest BCUT2D eigenvalue weighted by atomic mass is 10.3. The van der Waals surface area contributed by atoms with Crippen LogP contribution in [0.1, 0.15) is 22.9 Å². The highest BCUT2D eigenvalue weighted by molar-refractivity contribution is 7.09. The normalized spacial score (nSPS) is 11.7. The maximum atomic E-state index is 5.08. The van der Waals surface area contributed by atoms with E-state index in [9.17, 15) is 0 Å². The molecule has 2 aromatic heterocycles. The smallest absolute Gasteiger partial charge is 0.191 e. The maximum Gasteiger partial charge on any atom is 0.191 e. The van der Waals surface area contributed by atoms with Crippen molar-refractivity contribution in [1.29, 1.82) is 0 Å². The molecule has 0 aromatic carbocycles. The van der Waals surface area contributed by atoms with Crippen molar-refractivity contribution in [3.05, 3.63) is 34.0 Å². The summed E-state index contributed by atoms with van der Waals surface area (Å²) >= 11 is 1.78. The summed E-state index contributed by atoms with van der Waals surface area (Å²) in [5, 5.41) is 17.0. The number of hydrogen-bond acceptors (Lipinski definition) is 5. The molecule has 0 unspecified atom stereocenters. The number of nitrogens with one attached hydrogen (secondary N) is 2. The van der Waals surface area contributed by atoms with Crippen LogP contribution in [-0.4, -0.2) is 47.5 Å². The van der Waals surface area contributed by atoms with Crippen LogP contribution in [-0.2, 0) is 24.8 Å². The third-order valence-corrected chi connectivity index (χ3v) is 4.56. The summed E-state index contributed by atoms with van der Waals surface area (Å²) < 4.78 is 7.04. The van der Waals surface area contributed by atoms with E-state index in [2.05, 4.69) is 43.3 Å². The number of thiophene rings is 1. The molecule has 0 saturated heterocycles. The molecule has 0 saturated carbocycles. The predicted molar refractivity (Wildman–Crippen MR) is 97.4 cm³/mol. The summed E-state index contributed by atoms with van der Waals surface area (Å²) in [5.41, 5.74) is 0. The first-order valence-electron chi connectivity index (χ1n) is 8.09. The van der Waals surface area contributed by atoms with E-state index in [-0.39, 0.29) is 0 Å². The van der Waals surface area contributed by atoms with Gasteiger partial charge in [0, 0.05) is 38.7 Å². The fraction of sp³-hybridized carbons (Fsp3) is 0.562. The van der Waals surface area contributed by atoms with E-state index in [0.29, 0.717) is 6.54 Å². The lowest BCUT2D eigenvalue weighted by Gasteiger charge is -2.12. The molecule has 2 aromatic rings. The van der Waals surface area contributed by atoms with Crippen LogP contribution in [0.2, 0.25) is 0 Å². The third-order valence-electron chi connectivity index (χ3n) is 3.62. The first kappa shape index (κ1) is 18.4. The van der Waals surface area contributed by atoms with Gasteiger partial charge in [-0.3, -0.25) is 0 Å². The largest absolute Gasteiger partial charge is 0.385 e. The van der Waals surface area contributed by atoms with Crippen molar-refractivity contribution in [2.45, 2.75) is 26.3 Å². The van der Waals surface area contributed by atoms with Crippen LogP contribution in [0.5, 0.6) is 0 Å². The van der Waals surface area contributed by atoms with Crippen molar-refractivity contribution in [1.82, 2.24) is 25.4 Å². The molecular weight excluding hydrogens is 324 g/mol. The van der Waals surface area contributed by atoms with E-state index >= 15 is 0 Å². The molecular formula is C16H26N6OS. The molecule has 0 aliphatic rings. The first-order valence-corrected chi connectivity index (χ1v) is 8.97. The van der Waals surface area contributed by atoms with Gasteiger partial charge in [0.05, 0.1) is 0 Å². The Morgan fingerprint density at radius 1 is 1.33 bits per heavy atom. The van der Waals surface area contributed by atoms with E-state index in [1.54, 1.807) is 18.4 Å². The summed E-state index contributed by atoms with van der Waals surface area (Å²) in [5.74, 6) is 2.53. The number of methoxy groups -OCH3 is 1. The van der Waals surface area contributed by atoms with Gasteiger partial charge in [0.15, 0.2) is 11.8 Å². The lowest BCUT2D eigenvalue weighted by molar-refractivity contribution is 0.195. The van der Waals surface area contributed by atoms with Crippen molar-refractivity contribution < 1.29 is 4.74 Å². The Labute approximate surface area is 147 Å². The molecule has 0 bridgehead atoms. The van der Waals surface area contributed by atoms with Gasteiger partial charge in [-0.1, -0.05) is 6.07 Å². The van der Waals surface area contributed by atoms with Crippen molar-refractivity contribution >= 4 is 17.3 Å². The molecule has 8 heteroatoms. The molecule has 0 aliphatic heterocycles. The molecule has 0 radical (unpaired) electrons. The van der Waals surface area contributed by atoms with Crippen LogP contribution in [0.3, 0.4) is 0 Å². The second kappa shape index (κ2) is 10.0. The lowest BCUT2D eigenvalue weighted by Crippen LogP contribution is -2.39. The predicted octanol–water partition coefficient (Wildman–Crippen LogP) is 1.50. The number of nitrogens with zero attached hydrogens (tertiary/aromatic N) is 4. The molecule has 2 rings (SSSR count). The highest BCUT2D eigenvalue weighted by atomic mass is 32.1. The molecule has 2 N–H and O–H groups in total. The van der Waals surface area contributed by atoms with Crippen LogP contribution < -0.4 is 10.6 Å². The minimum atomic E-state index is 0.496. The number of rotatable bonds is 9. The minimum Gasteiger partial charge on any atom is -0.385 e. The van der Waals surface area contributed by atoms with Crippen molar-refractivity contribution in [2.75, 3.05) is 26.8 Å². The summed E-state index contributed by atoms with van der Waals surface area (Å²) in [7, 11) is 3.67. The van der Waals surface area contributed by atoms with Gasteiger partial charge in [-0.15, -0.1) is 21.5 Å². The molecule has 24 heavy (non-hydrogen) atoms. The number of ether oxygens (including phenoxy) is 1. The fourth-order valence-corrected chi connectivity index (χ4v) is 2.80. The molecule has 0 atom stereocenters. The topological polar surface area (TPSA) is 76.4 Å². The van der Waals surface area contributed by atoms with Crippen LogP contribution in [0.4, 0.5) is 0 Å². The van der Waals surface area contributed by atoms with E-state index in [1.165, 1.54) is 4.88 Å². The Bertz CT molecular complexity index is 623. The number of guanidine groups is 1. The van der Waals surface area contributed by atoms with Crippen molar-refractivity contribution in [3.63, 3.8) is 0 Å². The van der Waals surface area contributed by atoms with Gasteiger partial charge >= 0.3 is 0 Å². The second-order valence-electron chi connectivity index (χ2n) is 5.42. The maximum absolute atomic E-state index is 5.08. The number of aromatic nitrogens is 3. The van der Waals surface area contributed by atoms with Crippen LogP contribution >= 0.6 is 11.3 Å². The summed E-state index contributed by atoms with van der Waals surface area (Å²) in [6.07, 6.45) is 1.92. The van der Waals surface area contributed by atoms with E-state index in [1.807, 2.05) is 18.5 Å². The van der Waals surface area contributed by atoms with Crippen LogP contribution in [0.25, 0.3) is 0 Å².